The highest BCUT2D eigenvalue weighted by Gasteiger charge is 2.40. The molecule has 1 aliphatic rings. The van der Waals surface area contributed by atoms with E-state index in [9.17, 15) is 10.1 Å². The number of likely N-dealkylation sites (N-methyl/N-ethyl adjacent to an activating group) is 2. The maximum absolute atomic E-state index is 13.7. The molecule has 5 nitrogen and oxygen atoms in total. The Balaban J connectivity index is 1.90. The van der Waals surface area contributed by atoms with Gasteiger partial charge in [0.05, 0.1) is 17.2 Å². The molecule has 0 bridgehead atoms. The monoisotopic (exact) mass is 414 g/mol. The van der Waals surface area contributed by atoms with Crippen LogP contribution in [0, 0.1) is 11.3 Å². The summed E-state index contributed by atoms with van der Waals surface area (Å²) in [6.45, 7) is 8.37. The van der Waals surface area contributed by atoms with Crippen LogP contribution in [0.2, 0.25) is 0 Å². The molecule has 1 aliphatic carbocycles. The number of aryl methyl sites for hydroxylation is 1. The minimum absolute atomic E-state index is 0.0671. The lowest BCUT2D eigenvalue weighted by Crippen LogP contribution is -2.33. The second-order valence-corrected chi connectivity index (χ2v) is 9.31. The maximum atomic E-state index is 13.7. The highest BCUT2D eigenvalue weighted by atomic mass is 16.1. The van der Waals surface area contributed by atoms with Crippen molar-refractivity contribution in [2.24, 2.45) is 0 Å². The van der Waals surface area contributed by atoms with Gasteiger partial charge in [0, 0.05) is 53.4 Å². The van der Waals surface area contributed by atoms with Gasteiger partial charge in [0.25, 0.3) is 0 Å². The number of carbonyl (C=O) groups excluding carboxylic acids is 1. The van der Waals surface area contributed by atoms with Gasteiger partial charge in [-0.3, -0.25) is 4.79 Å². The minimum atomic E-state index is -0.353. The molecule has 2 aromatic carbocycles. The molecule has 0 saturated heterocycles. The molecule has 0 spiro atoms. The molecule has 31 heavy (non-hydrogen) atoms. The number of nitriles is 1. The summed E-state index contributed by atoms with van der Waals surface area (Å²) in [6.07, 6.45) is 0.870. The molecule has 0 amide bonds. The van der Waals surface area contributed by atoms with E-state index < -0.39 is 0 Å². The molecule has 0 aliphatic heterocycles. The van der Waals surface area contributed by atoms with E-state index in [1.807, 2.05) is 12.1 Å². The summed E-state index contributed by atoms with van der Waals surface area (Å²) in [6, 6.07) is 12.0. The van der Waals surface area contributed by atoms with Crippen LogP contribution in [0.3, 0.4) is 0 Å². The Labute approximate surface area is 184 Å². The lowest BCUT2D eigenvalue weighted by atomic mass is 9.70. The number of rotatable bonds is 5. The zero-order chi connectivity index (χ0) is 22.5. The van der Waals surface area contributed by atoms with Gasteiger partial charge in [-0.1, -0.05) is 26.8 Å². The van der Waals surface area contributed by atoms with E-state index in [0.29, 0.717) is 5.56 Å². The number of aromatic nitrogens is 1. The van der Waals surface area contributed by atoms with Crippen molar-refractivity contribution in [2.45, 2.75) is 32.6 Å². The van der Waals surface area contributed by atoms with Gasteiger partial charge in [-0.15, -0.1) is 0 Å². The number of aromatic amines is 1. The molecular weight excluding hydrogens is 384 g/mol. The standard InChI is InChI=1S/C26H30N4O/c1-7-17-13-19-20(14-22(17)30(6)11-10-29(4)5)26(2,3)25-23(24(19)31)18-9-8-16(15-27)12-21(18)28-25/h8-9,12-14,28H,7,10-11H2,1-6H3. The first-order valence-corrected chi connectivity index (χ1v) is 10.8. The minimum Gasteiger partial charge on any atom is -0.373 e. The zero-order valence-electron chi connectivity index (χ0n) is 19.3. The van der Waals surface area contributed by atoms with Crippen LogP contribution in [0.5, 0.6) is 0 Å². The molecule has 1 heterocycles. The van der Waals surface area contributed by atoms with E-state index in [-0.39, 0.29) is 11.2 Å². The normalized spacial score (nSPS) is 14.5. The summed E-state index contributed by atoms with van der Waals surface area (Å²) in [5, 5.41) is 10.2. The molecule has 1 aromatic heterocycles. The molecule has 4 rings (SSSR count). The van der Waals surface area contributed by atoms with Gasteiger partial charge in [0.15, 0.2) is 5.78 Å². The average molecular weight is 415 g/mol. The fraction of sp³-hybridized carbons (Fsp3) is 0.385. The van der Waals surface area contributed by atoms with Gasteiger partial charge in [0.2, 0.25) is 0 Å². The van der Waals surface area contributed by atoms with Crippen molar-refractivity contribution < 1.29 is 4.79 Å². The van der Waals surface area contributed by atoms with Crippen LogP contribution in [0.25, 0.3) is 10.9 Å². The van der Waals surface area contributed by atoms with E-state index in [1.54, 1.807) is 6.07 Å². The Morgan fingerprint density at radius 1 is 1.10 bits per heavy atom. The van der Waals surface area contributed by atoms with Gasteiger partial charge in [-0.05, 0) is 55.9 Å². The molecule has 160 valence electrons. The van der Waals surface area contributed by atoms with Crippen molar-refractivity contribution in [1.82, 2.24) is 9.88 Å². The maximum Gasteiger partial charge on any atom is 0.195 e. The first-order chi connectivity index (χ1) is 14.7. The molecule has 3 aromatic rings. The third-order valence-corrected chi connectivity index (χ3v) is 6.59. The smallest absolute Gasteiger partial charge is 0.195 e. The number of H-pyrrole nitrogens is 1. The van der Waals surface area contributed by atoms with Gasteiger partial charge in [-0.25, -0.2) is 0 Å². The lowest BCUT2D eigenvalue weighted by Gasteiger charge is -2.34. The van der Waals surface area contributed by atoms with Crippen molar-refractivity contribution in [1.29, 1.82) is 5.26 Å². The Bertz CT molecular complexity index is 1230. The number of anilines is 1. The van der Waals surface area contributed by atoms with E-state index in [0.717, 1.165) is 52.8 Å². The largest absolute Gasteiger partial charge is 0.373 e. The first kappa shape index (κ1) is 21.1. The highest BCUT2D eigenvalue weighted by molar-refractivity contribution is 6.20. The number of nitrogens with one attached hydrogen (secondary N) is 1. The van der Waals surface area contributed by atoms with Gasteiger partial charge >= 0.3 is 0 Å². The molecule has 5 heteroatoms. The second kappa shape index (κ2) is 7.55. The zero-order valence-corrected chi connectivity index (χ0v) is 19.3. The van der Waals surface area contributed by atoms with Crippen molar-refractivity contribution in [2.75, 3.05) is 39.1 Å². The van der Waals surface area contributed by atoms with Crippen LogP contribution in [0.15, 0.2) is 30.3 Å². The number of hydrogen-bond donors (Lipinski definition) is 1. The average Bonchev–Trinajstić information content (AvgIpc) is 3.15. The Morgan fingerprint density at radius 3 is 2.48 bits per heavy atom. The molecule has 0 fully saturated rings. The predicted octanol–water partition coefficient (Wildman–Crippen LogP) is 4.47. The van der Waals surface area contributed by atoms with Crippen LogP contribution < -0.4 is 4.90 Å². The highest BCUT2D eigenvalue weighted by Crippen LogP contribution is 2.45. The predicted molar refractivity (Wildman–Crippen MR) is 126 cm³/mol. The number of ketones is 1. The van der Waals surface area contributed by atoms with E-state index in [4.69, 9.17) is 0 Å². The van der Waals surface area contributed by atoms with Crippen LogP contribution in [0.4, 0.5) is 5.69 Å². The van der Waals surface area contributed by atoms with Crippen molar-refractivity contribution >= 4 is 22.4 Å². The summed E-state index contributed by atoms with van der Waals surface area (Å²) in [4.78, 5) is 21.6. The Hall–Kier alpha value is -3.10. The van der Waals surface area contributed by atoms with Gasteiger partial charge in [-0.2, -0.15) is 5.26 Å². The van der Waals surface area contributed by atoms with E-state index >= 15 is 0 Å². The topological polar surface area (TPSA) is 63.1 Å². The van der Waals surface area contributed by atoms with Crippen LogP contribution >= 0.6 is 0 Å². The molecule has 1 N–H and O–H groups in total. The fourth-order valence-electron chi connectivity index (χ4n) is 4.69. The summed E-state index contributed by atoms with van der Waals surface area (Å²) >= 11 is 0. The quantitative estimate of drug-likeness (QED) is 0.669. The summed E-state index contributed by atoms with van der Waals surface area (Å²) in [5.74, 6) is 0.0671. The summed E-state index contributed by atoms with van der Waals surface area (Å²) in [5.41, 5.74) is 6.99. The fourth-order valence-corrected chi connectivity index (χ4v) is 4.69. The second-order valence-electron chi connectivity index (χ2n) is 9.31. The Morgan fingerprint density at radius 2 is 1.84 bits per heavy atom. The molecular formula is C26H30N4O. The van der Waals surface area contributed by atoms with Crippen LogP contribution in [0.1, 0.15) is 59.1 Å². The third-order valence-electron chi connectivity index (χ3n) is 6.59. The van der Waals surface area contributed by atoms with E-state index in [1.165, 1.54) is 11.3 Å². The Kier molecular flexibility index (Phi) is 5.15. The van der Waals surface area contributed by atoms with Crippen LogP contribution in [-0.4, -0.2) is 49.9 Å². The van der Waals surface area contributed by atoms with Gasteiger partial charge < -0.3 is 14.8 Å². The summed E-state index contributed by atoms with van der Waals surface area (Å²) < 4.78 is 0. The summed E-state index contributed by atoms with van der Waals surface area (Å²) in [7, 11) is 6.29. The molecule has 0 radical (unpaired) electrons. The first-order valence-electron chi connectivity index (χ1n) is 10.8. The molecule has 0 unspecified atom stereocenters. The number of nitrogens with zero attached hydrogens (tertiary/aromatic N) is 3. The van der Waals surface area contributed by atoms with Crippen molar-refractivity contribution in [3.05, 3.63) is 63.8 Å². The van der Waals surface area contributed by atoms with Crippen LogP contribution in [-0.2, 0) is 11.8 Å². The number of carbonyl (C=O) groups is 1. The lowest BCUT2D eigenvalue weighted by molar-refractivity contribution is 0.103. The SMILES string of the molecule is CCc1cc2c(cc1N(C)CCN(C)C)C(C)(C)c1[nH]c3cc(C#N)ccc3c1C2=O. The number of hydrogen-bond acceptors (Lipinski definition) is 4. The molecule has 0 saturated carbocycles. The number of fused-ring (bicyclic) bond motifs is 4. The van der Waals surface area contributed by atoms with Crippen molar-refractivity contribution in [3.63, 3.8) is 0 Å². The van der Waals surface area contributed by atoms with Gasteiger partial charge in [0.1, 0.15) is 0 Å². The van der Waals surface area contributed by atoms with E-state index in [2.05, 4.69) is 74.9 Å². The van der Waals surface area contributed by atoms with Crippen molar-refractivity contribution in [3.8, 4) is 6.07 Å². The number of benzene rings is 2. The molecule has 0 atom stereocenters. The third kappa shape index (κ3) is 3.32.